The number of rotatable bonds is 3. The Morgan fingerprint density at radius 2 is 1.59 bits per heavy atom. The van der Waals surface area contributed by atoms with E-state index < -0.39 is 0 Å². The van der Waals surface area contributed by atoms with E-state index >= 15 is 0 Å². The Labute approximate surface area is 105 Å². The molecule has 1 aromatic rings. The molecular formula is C15H24N2. The lowest BCUT2D eigenvalue weighted by Gasteiger charge is -2.35. The van der Waals surface area contributed by atoms with Crippen LogP contribution in [0.5, 0.6) is 0 Å². The molecule has 94 valence electrons. The number of benzene rings is 1. The largest absolute Gasteiger partial charge is 0.326 e. The van der Waals surface area contributed by atoms with Crippen molar-refractivity contribution >= 4 is 0 Å². The molecule has 1 heterocycles. The fraction of sp³-hybridized carbons (Fsp3) is 0.600. The van der Waals surface area contributed by atoms with Crippen LogP contribution in [0, 0.1) is 11.8 Å². The molecule has 2 N–H and O–H groups in total. The highest BCUT2D eigenvalue weighted by Gasteiger charge is 2.21. The van der Waals surface area contributed by atoms with Crippen LogP contribution in [0.1, 0.15) is 31.4 Å². The lowest BCUT2D eigenvalue weighted by atomic mass is 9.91. The first-order chi connectivity index (χ1) is 8.17. The fourth-order valence-electron chi connectivity index (χ4n) is 2.96. The van der Waals surface area contributed by atoms with Crippen LogP contribution in [0.25, 0.3) is 0 Å². The molecule has 2 rings (SSSR count). The summed E-state index contributed by atoms with van der Waals surface area (Å²) in [5.74, 6) is 1.67. The fourth-order valence-corrected chi connectivity index (χ4v) is 2.96. The minimum atomic E-state index is 0.637. The van der Waals surface area contributed by atoms with Crippen LogP contribution in [0.4, 0.5) is 0 Å². The van der Waals surface area contributed by atoms with Gasteiger partial charge in [0, 0.05) is 26.2 Å². The molecule has 17 heavy (non-hydrogen) atoms. The van der Waals surface area contributed by atoms with E-state index in [0.29, 0.717) is 6.54 Å². The van der Waals surface area contributed by atoms with E-state index in [1.807, 2.05) is 0 Å². The zero-order valence-corrected chi connectivity index (χ0v) is 11.0. The molecule has 1 aromatic carbocycles. The Morgan fingerprint density at radius 3 is 2.12 bits per heavy atom. The second-order valence-electron chi connectivity index (χ2n) is 5.66. The average Bonchev–Trinajstić information content (AvgIpc) is 2.28. The second kappa shape index (κ2) is 5.65. The summed E-state index contributed by atoms with van der Waals surface area (Å²) in [6, 6.07) is 8.72. The number of hydrogen-bond acceptors (Lipinski definition) is 2. The molecule has 0 radical (unpaired) electrons. The van der Waals surface area contributed by atoms with Gasteiger partial charge in [-0.2, -0.15) is 0 Å². The maximum absolute atomic E-state index is 5.61. The van der Waals surface area contributed by atoms with Gasteiger partial charge >= 0.3 is 0 Å². The third-order valence-electron chi connectivity index (χ3n) is 3.61. The number of nitrogens with two attached hydrogens (primary N) is 1. The van der Waals surface area contributed by atoms with Crippen LogP contribution in [-0.2, 0) is 13.1 Å². The average molecular weight is 232 g/mol. The first-order valence-electron chi connectivity index (χ1n) is 6.67. The van der Waals surface area contributed by atoms with Crippen molar-refractivity contribution in [3.8, 4) is 0 Å². The predicted octanol–water partition coefficient (Wildman–Crippen LogP) is 2.62. The summed E-state index contributed by atoms with van der Waals surface area (Å²) in [5.41, 5.74) is 8.23. The molecule has 0 spiro atoms. The van der Waals surface area contributed by atoms with Gasteiger partial charge in [0.05, 0.1) is 0 Å². The molecule has 2 atom stereocenters. The summed E-state index contributed by atoms with van der Waals surface area (Å²) >= 11 is 0. The molecule has 1 aliphatic heterocycles. The highest BCUT2D eigenvalue weighted by atomic mass is 15.1. The number of nitrogens with zero attached hydrogens (tertiary/aromatic N) is 1. The van der Waals surface area contributed by atoms with Crippen LogP contribution in [0.3, 0.4) is 0 Å². The van der Waals surface area contributed by atoms with E-state index in [2.05, 4.69) is 43.0 Å². The van der Waals surface area contributed by atoms with Crippen LogP contribution in [0.2, 0.25) is 0 Å². The Hall–Kier alpha value is -0.860. The molecule has 1 fully saturated rings. The molecule has 2 nitrogen and oxygen atoms in total. The van der Waals surface area contributed by atoms with Gasteiger partial charge in [-0.3, -0.25) is 4.90 Å². The van der Waals surface area contributed by atoms with Gasteiger partial charge in [-0.05, 0) is 29.4 Å². The van der Waals surface area contributed by atoms with Crippen molar-refractivity contribution in [2.24, 2.45) is 17.6 Å². The Bertz CT molecular complexity index is 334. The van der Waals surface area contributed by atoms with Crippen molar-refractivity contribution in [3.05, 3.63) is 35.4 Å². The molecule has 0 aliphatic carbocycles. The van der Waals surface area contributed by atoms with Crippen LogP contribution < -0.4 is 5.73 Å². The predicted molar refractivity (Wildman–Crippen MR) is 72.6 cm³/mol. The van der Waals surface area contributed by atoms with Gasteiger partial charge in [0.15, 0.2) is 0 Å². The first-order valence-corrected chi connectivity index (χ1v) is 6.67. The van der Waals surface area contributed by atoms with E-state index in [-0.39, 0.29) is 0 Å². The second-order valence-corrected chi connectivity index (χ2v) is 5.66. The third-order valence-corrected chi connectivity index (χ3v) is 3.61. The van der Waals surface area contributed by atoms with Crippen molar-refractivity contribution < 1.29 is 0 Å². The van der Waals surface area contributed by atoms with E-state index in [4.69, 9.17) is 5.73 Å². The van der Waals surface area contributed by atoms with Gasteiger partial charge in [-0.25, -0.2) is 0 Å². The van der Waals surface area contributed by atoms with Gasteiger partial charge < -0.3 is 5.73 Å². The van der Waals surface area contributed by atoms with E-state index in [9.17, 15) is 0 Å². The van der Waals surface area contributed by atoms with Crippen molar-refractivity contribution in [1.82, 2.24) is 4.90 Å². The smallest absolute Gasteiger partial charge is 0.0233 e. The summed E-state index contributed by atoms with van der Waals surface area (Å²) in [7, 11) is 0. The molecule has 1 aliphatic rings. The minimum absolute atomic E-state index is 0.637. The SMILES string of the molecule is C[C@H]1C[C@H](C)CN(Cc2ccc(CN)cc2)C1. The first kappa shape index (κ1) is 12.6. The van der Waals surface area contributed by atoms with Crippen LogP contribution in [0.15, 0.2) is 24.3 Å². The Morgan fingerprint density at radius 1 is 1.06 bits per heavy atom. The standard InChI is InChI=1S/C15H24N2/c1-12-7-13(2)10-17(9-12)11-15-5-3-14(8-16)4-6-15/h3-6,12-13H,7-11,16H2,1-2H3/t12-,13-/m0/s1. The molecule has 0 saturated carbocycles. The number of hydrogen-bond donors (Lipinski definition) is 1. The Balaban J connectivity index is 1.95. The van der Waals surface area contributed by atoms with Crippen molar-refractivity contribution in [1.29, 1.82) is 0 Å². The van der Waals surface area contributed by atoms with Gasteiger partial charge in [-0.1, -0.05) is 38.1 Å². The van der Waals surface area contributed by atoms with E-state index in [0.717, 1.165) is 18.4 Å². The summed E-state index contributed by atoms with van der Waals surface area (Å²) in [6.45, 7) is 8.92. The maximum atomic E-state index is 5.61. The number of likely N-dealkylation sites (tertiary alicyclic amines) is 1. The van der Waals surface area contributed by atoms with Crippen LogP contribution >= 0.6 is 0 Å². The van der Waals surface area contributed by atoms with E-state index in [1.165, 1.54) is 30.6 Å². The van der Waals surface area contributed by atoms with Gasteiger partial charge in [-0.15, -0.1) is 0 Å². The highest BCUT2D eigenvalue weighted by Crippen LogP contribution is 2.22. The highest BCUT2D eigenvalue weighted by molar-refractivity contribution is 5.22. The van der Waals surface area contributed by atoms with E-state index in [1.54, 1.807) is 0 Å². The van der Waals surface area contributed by atoms with Gasteiger partial charge in [0.1, 0.15) is 0 Å². The summed E-state index contributed by atoms with van der Waals surface area (Å²) in [5, 5.41) is 0. The van der Waals surface area contributed by atoms with Crippen molar-refractivity contribution in [2.45, 2.75) is 33.4 Å². The minimum Gasteiger partial charge on any atom is -0.326 e. The monoisotopic (exact) mass is 232 g/mol. The Kier molecular flexibility index (Phi) is 4.19. The molecule has 0 unspecified atom stereocenters. The zero-order valence-electron chi connectivity index (χ0n) is 11.0. The van der Waals surface area contributed by atoms with Crippen molar-refractivity contribution in [2.75, 3.05) is 13.1 Å². The third kappa shape index (κ3) is 3.55. The molecule has 2 heteroatoms. The molecule has 0 aromatic heterocycles. The van der Waals surface area contributed by atoms with Gasteiger partial charge in [0.25, 0.3) is 0 Å². The van der Waals surface area contributed by atoms with Crippen LogP contribution in [-0.4, -0.2) is 18.0 Å². The quantitative estimate of drug-likeness (QED) is 0.868. The summed E-state index contributed by atoms with van der Waals surface area (Å²) < 4.78 is 0. The molecule has 1 saturated heterocycles. The molecule has 0 amide bonds. The summed E-state index contributed by atoms with van der Waals surface area (Å²) in [6.07, 6.45) is 1.38. The number of piperidine rings is 1. The van der Waals surface area contributed by atoms with Gasteiger partial charge in [0.2, 0.25) is 0 Å². The lowest BCUT2D eigenvalue weighted by molar-refractivity contribution is 0.134. The maximum Gasteiger partial charge on any atom is 0.0233 e. The topological polar surface area (TPSA) is 29.3 Å². The normalized spacial score (nSPS) is 26.1. The molecule has 0 bridgehead atoms. The summed E-state index contributed by atoms with van der Waals surface area (Å²) in [4.78, 5) is 2.58. The molecular weight excluding hydrogens is 208 g/mol. The zero-order chi connectivity index (χ0) is 12.3. The lowest BCUT2D eigenvalue weighted by Crippen LogP contribution is -2.38. The van der Waals surface area contributed by atoms with Crippen molar-refractivity contribution in [3.63, 3.8) is 0 Å².